The van der Waals surface area contributed by atoms with Crippen molar-refractivity contribution in [2.24, 2.45) is 0 Å². The zero-order chi connectivity index (χ0) is 19.5. The highest BCUT2D eigenvalue weighted by Crippen LogP contribution is 2.26. The first kappa shape index (κ1) is 17.8. The number of aromatic amines is 1. The van der Waals surface area contributed by atoms with Gasteiger partial charge in [-0.2, -0.15) is 15.4 Å². The number of H-pyrrole nitrogens is 1. The van der Waals surface area contributed by atoms with E-state index in [9.17, 15) is 9.59 Å². The molecule has 8 nitrogen and oxygen atoms in total. The quantitative estimate of drug-likeness (QED) is 0.479. The maximum Gasteiger partial charge on any atom is 0.257 e. The number of benzene rings is 2. The van der Waals surface area contributed by atoms with Crippen LogP contribution in [0.5, 0.6) is 0 Å². The molecular weight excluding hydrogens is 376 g/mol. The van der Waals surface area contributed by atoms with E-state index in [0.29, 0.717) is 28.1 Å². The Hall–Kier alpha value is -3.59. The van der Waals surface area contributed by atoms with Gasteiger partial charge in [0.25, 0.3) is 5.91 Å². The summed E-state index contributed by atoms with van der Waals surface area (Å²) in [6.07, 6.45) is 0.431. The molecule has 2 aromatic carbocycles. The zero-order valence-corrected chi connectivity index (χ0v) is 15.7. The van der Waals surface area contributed by atoms with Crippen LogP contribution in [0.1, 0.15) is 23.7 Å². The summed E-state index contributed by atoms with van der Waals surface area (Å²) < 4.78 is 0. The van der Waals surface area contributed by atoms with Gasteiger partial charge >= 0.3 is 0 Å². The average molecular weight is 392 g/mol. The number of carbonyl (C=O) groups is 2. The van der Waals surface area contributed by atoms with Crippen molar-refractivity contribution in [1.82, 2.24) is 20.4 Å². The first-order valence-electron chi connectivity index (χ1n) is 8.60. The summed E-state index contributed by atoms with van der Waals surface area (Å²) in [5.41, 5.74) is 4.20. The molecule has 0 bridgehead atoms. The molecule has 2 aromatic heterocycles. The molecule has 4 rings (SSSR count). The Kier molecular flexibility index (Phi) is 4.81. The monoisotopic (exact) mass is 392 g/mol. The second kappa shape index (κ2) is 7.57. The maximum absolute atomic E-state index is 12.5. The highest BCUT2D eigenvalue weighted by molar-refractivity contribution is 7.14. The maximum atomic E-state index is 12.5. The minimum Gasteiger partial charge on any atom is -0.326 e. The van der Waals surface area contributed by atoms with E-state index in [-0.39, 0.29) is 11.8 Å². The number of hydrogen-bond acceptors (Lipinski definition) is 6. The lowest BCUT2D eigenvalue weighted by Crippen LogP contribution is -2.11. The fourth-order valence-electron chi connectivity index (χ4n) is 2.59. The Morgan fingerprint density at radius 2 is 1.82 bits per heavy atom. The lowest BCUT2D eigenvalue weighted by molar-refractivity contribution is -0.115. The summed E-state index contributed by atoms with van der Waals surface area (Å²) in [4.78, 5) is 28.4. The van der Waals surface area contributed by atoms with E-state index in [0.717, 1.165) is 16.9 Å². The van der Waals surface area contributed by atoms with E-state index in [1.54, 1.807) is 25.1 Å². The Bertz CT molecular complexity index is 1150. The first-order valence-corrected chi connectivity index (χ1v) is 9.48. The number of nitrogens with zero attached hydrogens (tertiary/aromatic N) is 3. The summed E-state index contributed by atoms with van der Waals surface area (Å²) in [6.45, 7) is 1.80. The van der Waals surface area contributed by atoms with Gasteiger partial charge in [-0.1, -0.05) is 19.1 Å². The molecule has 9 heteroatoms. The molecule has 3 N–H and O–H groups in total. The van der Waals surface area contributed by atoms with E-state index >= 15 is 0 Å². The minimum atomic E-state index is -0.261. The van der Waals surface area contributed by atoms with Crippen molar-refractivity contribution in [2.45, 2.75) is 13.3 Å². The van der Waals surface area contributed by atoms with Crippen molar-refractivity contribution >= 4 is 45.0 Å². The fourth-order valence-corrected chi connectivity index (χ4v) is 3.30. The van der Waals surface area contributed by atoms with Crippen LogP contribution in [0.2, 0.25) is 0 Å². The normalized spacial score (nSPS) is 10.8. The Balaban J connectivity index is 1.46. The van der Waals surface area contributed by atoms with Gasteiger partial charge in [0.2, 0.25) is 5.91 Å². The molecule has 0 aliphatic heterocycles. The van der Waals surface area contributed by atoms with Crippen LogP contribution < -0.4 is 10.6 Å². The van der Waals surface area contributed by atoms with Crippen molar-refractivity contribution in [1.29, 1.82) is 0 Å². The standard InChI is InChI=1S/C19H16N6O2S/c1-2-17(26)20-13-6-3-11(4-7-13)16-10-28-19(21-16)22-18(27)12-5-8-14-15(9-12)24-25-23-14/h3-10H,2H2,1H3,(H,20,26)(H,21,22,27)(H,23,24,25). The zero-order valence-electron chi connectivity index (χ0n) is 14.9. The summed E-state index contributed by atoms with van der Waals surface area (Å²) in [6, 6.07) is 12.5. The molecule has 0 radical (unpaired) electrons. The SMILES string of the molecule is CCC(=O)Nc1ccc(-c2csc(NC(=O)c3ccc4n[nH]nc4c3)n2)cc1. The van der Waals surface area contributed by atoms with Crippen molar-refractivity contribution in [3.05, 3.63) is 53.4 Å². The van der Waals surface area contributed by atoms with Gasteiger partial charge in [0, 0.05) is 28.6 Å². The predicted octanol–water partition coefficient (Wildman–Crippen LogP) is 3.68. The summed E-state index contributed by atoms with van der Waals surface area (Å²) in [5.74, 6) is -0.293. The second-order valence-electron chi connectivity index (χ2n) is 6.00. The molecule has 0 saturated heterocycles. The number of aromatic nitrogens is 4. The molecule has 0 unspecified atom stereocenters. The third kappa shape index (κ3) is 3.74. The van der Waals surface area contributed by atoms with Crippen molar-refractivity contribution in [3.63, 3.8) is 0 Å². The summed E-state index contributed by atoms with van der Waals surface area (Å²) in [7, 11) is 0. The van der Waals surface area contributed by atoms with Crippen LogP contribution in [-0.2, 0) is 4.79 Å². The van der Waals surface area contributed by atoms with Gasteiger partial charge in [-0.05, 0) is 30.3 Å². The Labute approximate surface area is 164 Å². The van der Waals surface area contributed by atoms with Crippen molar-refractivity contribution in [3.8, 4) is 11.3 Å². The van der Waals surface area contributed by atoms with E-state index in [1.165, 1.54) is 11.3 Å². The van der Waals surface area contributed by atoms with Crippen molar-refractivity contribution in [2.75, 3.05) is 10.6 Å². The number of hydrogen-bond donors (Lipinski definition) is 3. The molecular formula is C19H16N6O2S. The highest BCUT2D eigenvalue weighted by Gasteiger charge is 2.12. The summed E-state index contributed by atoms with van der Waals surface area (Å²) >= 11 is 1.34. The molecule has 2 heterocycles. The molecule has 28 heavy (non-hydrogen) atoms. The minimum absolute atomic E-state index is 0.0322. The number of carbonyl (C=O) groups excluding carboxylic acids is 2. The van der Waals surface area contributed by atoms with Gasteiger partial charge in [-0.25, -0.2) is 4.98 Å². The van der Waals surface area contributed by atoms with Crippen LogP contribution in [0.4, 0.5) is 10.8 Å². The fraction of sp³-hybridized carbons (Fsp3) is 0.105. The molecule has 4 aromatic rings. The van der Waals surface area contributed by atoms with E-state index < -0.39 is 0 Å². The lowest BCUT2D eigenvalue weighted by Gasteiger charge is -2.04. The number of rotatable bonds is 5. The number of anilines is 2. The van der Waals surface area contributed by atoms with Crippen LogP contribution in [0.3, 0.4) is 0 Å². The average Bonchev–Trinajstić information content (AvgIpc) is 3.37. The van der Waals surface area contributed by atoms with Crippen LogP contribution in [-0.4, -0.2) is 32.2 Å². The predicted molar refractivity (Wildman–Crippen MR) is 108 cm³/mol. The molecule has 0 saturated carbocycles. The number of nitrogens with one attached hydrogen (secondary N) is 3. The van der Waals surface area contributed by atoms with Gasteiger partial charge in [0.1, 0.15) is 11.0 Å². The molecule has 140 valence electrons. The second-order valence-corrected chi connectivity index (χ2v) is 6.86. The van der Waals surface area contributed by atoms with Crippen molar-refractivity contribution < 1.29 is 9.59 Å². The molecule has 0 atom stereocenters. The smallest absolute Gasteiger partial charge is 0.257 e. The van der Waals surface area contributed by atoms with Crippen LogP contribution in [0.15, 0.2) is 47.8 Å². The molecule has 0 aliphatic rings. The lowest BCUT2D eigenvalue weighted by atomic mass is 10.1. The van der Waals surface area contributed by atoms with Gasteiger partial charge in [-0.3, -0.25) is 14.9 Å². The van der Waals surface area contributed by atoms with Gasteiger partial charge in [0.05, 0.1) is 5.69 Å². The first-order chi connectivity index (χ1) is 13.6. The van der Waals surface area contributed by atoms with Crippen LogP contribution >= 0.6 is 11.3 Å². The Morgan fingerprint density at radius 3 is 2.61 bits per heavy atom. The largest absolute Gasteiger partial charge is 0.326 e. The third-order valence-corrected chi connectivity index (χ3v) is 4.85. The van der Waals surface area contributed by atoms with Gasteiger partial charge < -0.3 is 5.32 Å². The van der Waals surface area contributed by atoms with Gasteiger partial charge in [-0.15, -0.1) is 11.3 Å². The highest BCUT2D eigenvalue weighted by atomic mass is 32.1. The van der Waals surface area contributed by atoms with E-state index in [4.69, 9.17) is 0 Å². The molecule has 0 fully saturated rings. The van der Waals surface area contributed by atoms with Crippen LogP contribution in [0.25, 0.3) is 22.3 Å². The third-order valence-electron chi connectivity index (χ3n) is 4.09. The van der Waals surface area contributed by atoms with E-state index in [1.807, 2.05) is 29.6 Å². The summed E-state index contributed by atoms with van der Waals surface area (Å²) in [5, 5.41) is 18.5. The van der Waals surface area contributed by atoms with Crippen LogP contribution in [0, 0.1) is 0 Å². The topological polar surface area (TPSA) is 113 Å². The number of thiazole rings is 1. The number of fused-ring (bicyclic) bond motifs is 1. The molecule has 0 spiro atoms. The van der Waals surface area contributed by atoms with E-state index in [2.05, 4.69) is 31.0 Å². The Morgan fingerprint density at radius 1 is 1.04 bits per heavy atom. The molecule has 2 amide bonds. The number of amides is 2. The van der Waals surface area contributed by atoms with Gasteiger partial charge in [0.15, 0.2) is 5.13 Å². The molecule has 0 aliphatic carbocycles.